The molecule has 0 radical (unpaired) electrons. The van der Waals surface area contributed by atoms with Crippen LogP contribution in [0.1, 0.15) is 4.88 Å². The Kier molecular flexibility index (Phi) is 3.21. The van der Waals surface area contributed by atoms with Crippen LogP contribution in [0.2, 0.25) is 0 Å². The van der Waals surface area contributed by atoms with E-state index < -0.39 is 11.6 Å². The molecule has 2 aromatic rings. The van der Waals surface area contributed by atoms with Gasteiger partial charge in [-0.25, -0.2) is 8.78 Å². The second-order valence-corrected chi connectivity index (χ2v) is 4.02. The molecule has 1 N–H and O–H groups in total. The Bertz CT molecular complexity index is 499. The lowest BCUT2D eigenvalue weighted by Gasteiger charge is -2.02. The Morgan fingerprint density at radius 2 is 2.19 bits per heavy atom. The number of aromatic nitrogens is 2. The highest BCUT2D eigenvalue weighted by Crippen LogP contribution is 2.27. The van der Waals surface area contributed by atoms with Crippen LogP contribution in [0.3, 0.4) is 0 Å². The molecular formula is C10H9F2N3S. The summed E-state index contributed by atoms with van der Waals surface area (Å²) in [5, 5.41) is 6.76. The summed E-state index contributed by atoms with van der Waals surface area (Å²) in [6, 6.07) is 4.03. The lowest BCUT2D eigenvalue weighted by Crippen LogP contribution is -2.05. The lowest BCUT2D eigenvalue weighted by molar-refractivity contribution is 0.511. The normalized spacial score (nSPS) is 10.7. The first-order chi connectivity index (χ1) is 7.74. The highest BCUT2D eigenvalue weighted by atomic mass is 32.1. The van der Waals surface area contributed by atoms with E-state index in [9.17, 15) is 8.78 Å². The van der Waals surface area contributed by atoms with E-state index in [1.165, 1.54) is 23.7 Å². The minimum absolute atomic E-state index is 0.152. The first-order valence-electron chi connectivity index (χ1n) is 4.64. The van der Waals surface area contributed by atoms with Gasteiger partial charge in [-0.3, -0.25) is 0 Å². The first-order valence-corrected chi connectivity index (χ1v) is 5.41. The smallest absolute Gasteiger partial charge is 0.168 e. The van der Waals surface area contributed by atoms with Gasteiger partial charge in [-0.2, -0.15) is 0 Å². The maximum Gasteiger partial charge on any atom is 0.168 e. The highest BCUT2D eigenvalue weighted by molar-refractivity contribution is 7.05. The number of nitrogens with zero attached hydrogens (tertiary/aromatic N) is 2. The fourth-order valence-electron chi connectivity index (χ4n) is 1.38. The van der Waals surface area contributed by atoms with Crippen molar-refractivity contribution in [3.63, 3.8) is 0 Å². The minimum atomic E-state index is -0.882. The van der Waals surface area contributed by atoms with Gasteiger partial charge < -0.3 is 5.32 Å². The van der Waals surface area contributed by atoms with Crippen molar-refractivity contribution in [3.05, 3.63) is 34.7 Å². The van der Waals surface area contributed by atoms with Gasteiger partial charge in [0, 0.05) is 12.1 Å². The molecule has 0 bridgehead atoms. The van der Waals surface area contributed by atoms with Crippen molar-refractivity contribution < 1.29 is 8.78 Å². The molecule has 0 saturated carbocycles. The van der Waals surface area contributed by atoms with Gasteiger partial charge in [0.05, 0.1) is 4.88 Å². The van der Waals surface area contributed by atoms with Crippen LogP contribution >= 0.6 is 11.5 Å². The zero-order valence-electron chi connectivity index (χ0n) is 8.50. The Morgan fingerprint density at radius 3 is 2.94 bits per heavy atom. The second-order valence-electron chi connectivity index (χ2n) is 3.18. The molecule has 0 spiro atoms. The van der Waals surface area contributed by atoms with E-state index in [0.29, 0.717) is 12.2 Å². The van der Waals surface area contributed by atoms with Gasteiger partial charge in [0.15, 0.2) is 11.6 Å². The predicted octanol–water partition coefficient (Wildman–Crippen LogP) is 2.20. The van der Waals surface area contributed by atoms with Crippen LogP contribution in [0, 0.1) is 11.6 Å². The molecular weight excluding hydrogens is 232 g/mol. The van der Waals surface area contributed by atoms with Crippen LogP contribution in [-0.2, 0) is 6.54 Å². The molecule has 0 saturated heterocycles. The molecule has 0 aliphatic rings. The van der Waals surface area contributed by atoms with Crippen molar-refractivity contribution in [3.8, 4) is 11.3 Å². The van der Waals surface area contributed by atoms with E-state index in [-0.39, 0.29) is 5.56 Å². The average Bonchev–Trinajstić information content (AvgIpc) is 2.71. The molecule has 0 amide bonds. The van der Waals surface area contributed by atoms with Crippen molar-refractivity contribution in [1.29, 1.82) is 0 Å². The Balaban J connectivity index is 2.50. The zero-order chi connectivity index (χ0) is 11.5. The summed E-state index contributed by atoms with van der Waals surface area (Å²) >= 11 is 1.17. The van der Waals surface area contributed by atoms with Crippen LogP contribution < -0.4 is 5.32 Å². The summed E-state index contributed by atoms with van der Waals surface area (Å²) < 4.78 is 30.3. The standard InChI is InChI=1S/C10H9F2N3S/c1-13-5-8-10(14-15-16-8)6-3-2-4-7(11)9(6)12/h2-4,13H,5H2,1H3. The summed E-state index contributed by atoms with van der Waals surface area (Å²) in [6.45, 7) is 0.531. The number of hydrogen-bond donors (Lipinski definition) is 1. The second kappa shape index (κ2) is 4.63. The number of rotatable bonds is 3. The molecule has 1 aromatic carbocycles. The predicted molar refractivity (Wildman–Crippen MR) is 58.0 cm³/mol. The highest BCUT2D eigenvalue weighted by Gasteiger charge is 2.16. The van der Waals surface area contributed by atoms with Crippen LogP contribution in [0.15, 0.2) is 18.2 Å². The Labute approximate surface area is 95.3 Å². The van der Waals surface area contributed by atoms with Gasteiger partial charge >= 0.3 is 0 Å². The Morgan fingerprint density at radius 1 is 1.38 bits per heavy atom. The zero-order valence-corrected chi connectivity index (χ0v) is 9.31. The van der Waals surface area contributed by atoms with Crippen molar-refractivity contribution in [2.75, 3.05) is 7.05 Å². The number of hydrogen-bond acceptors (Lipinski definition) is 4. The minimum Gasteiger partial charge on any atom is -0.315 e. The van der Waals surface area contributed by atoms with E-state index in [0.717, 1.165) is 10.9 Å². The third-order valence-electron chi connectivity index (χ3n) is 2.10. The quantitative estimate of drug-likeness (QED) is 0.895. The van der Waals surface area contributed by atoms with Gasteiger partial charge in [-0.15, -0.1) is 5.10 Å². The van der Waals surface area contributed by atoms with E-state index in [2.05, 4.69) is 14.9 Å². The van der Waals surface area contributed by atoms with Crippen LogP contribution in [-0.4, -0.2) is 16.6 Å². The van der Waals surface area contributed by atoms with Gasteiger partial charge in [0.2, 0.25) is 0 Å². The van der Waals surface area contributed by atoms with Crippen LogP contribution in [0.25, 0.3) is 11.3 Å². The summed E-state index contributed by atoms with van der Waals surface area (Å²) in [5.41, 5.74) is 0.551. The molecule has 2 rings (SSSR count). The average molecular weight is 241 g/mol. The third kappa shape index (κ3) is 1.94. The van der Waals surface area contributed by atoms with Gasteiger partial charge in [-0.05, 0) is 30.7 Å². The topological polar surface area (TPSA) is 37.8 Å². The molecule has 0 fully saturated rings. The largest absolute Gasteiger partial charge is 0.315 e. The van der Waals surface area contributed by atoms with Crippen molar-refractivity contribution in [2.45, 2.75) is 6.54 Å². The monoisotopic (exact) mass is 241 g/mol. The molecule has 1 heterocycles. The van der Waals surface area contributed by atoms with Crippen molar-refractivity contribution >= 4 is 11.5 Å². The molecule has 16 heavy (non-hydrogen) atoms. The first kappa shape index (κ1) is 11.1. The van der Waals surface area contributed by atoms with E-state index >= 15 is 0 Å². The molecule has 0 atom stereocenters. The fourth-order valence-corrected chi connectivity index (χ4v) is 2.04. The summed E-state index contributed by atoms with van der Waals surface area (Å²) in [6.07, 6.45) is 0. The summed E-state index contributed by atoms with van der Waals surface area (Å²) in [4.78, 5) is 0.784. The lowest BCUT2D eigenvalue weighted by atomic mass is 10.1. The van der Waals surface area contributed by atoms with Gasteiger partial charge in [-0.1, -0.05) is 10.6 Å². The maximum absolute atomic E-state index is 13.5. The summed E-state index contributed by atoms with van der Waals surface area (Å²) in [5.74, 6) is -1.76. The molecule has 6 heteroatoms. The van der Waals surface area contributed by atoms with Crippen LogP contribution in [0.4, 0.5) is 8.78 Å². The summed E-state index contributed by atoms with van der Waals surface area (Å²) in [7, 11) is 1.77. The fraction of sp³-hybridized carbons (Fsp3) is 0.200. The SMILES string of the molecule is CNCc1snnc1-c1cccc(F)c1F. The number of nitrogens with one attached hydrogen (secondary N) is 1. The molecule has 0 aliphatic carbocycles. The van der Waals surface area contributed by atoms with Crippen LogP contribution in [0.5, 0.6) is 0 Å². The number of halogens is 2. The van der Waals surface area contributed by atoms with Gasteiger partial charge in [0.1, 0.15) is 5.69 Å². The molecule has 84 valence electrons. The van der Waals surface area contributed by atoms with Crippen molar-refractivity contribution in [2.24, 2.45) is 0 Å². The molecule has 1 aromatic heterocycles. The molecule has 0 unspecified atom stereocenters. The van der Waals surface area contributed by atoms with Crippen molar-refractivity contribution in [1.82, 2.24) is 14.9 Å². The van der Waals surface area contributed by atoms with E-state index in [1.54, 1.807) is 7.05 Å². The van der Waals surface area contributed by atoms with E-state index in [1.807, 2.05) is 0 Å². The maximum atomic E-state index is 13.5. The Hall–Kier alpha value is -1.40. The third-order valence-corrected chi connectivity index (χ3v) is 2.82. The van der Waals surface area contributed by atoms with Gasteiger partial charge in [0.25, 0.3) is 0 Å². The van der Waals surface area contributed by atoms with E-state index in [4.69, 9.17) is 0 Å². The molecule has 0 aliphatic heterocycles. The molecule has 3 nitrogen and oxygen atoms in total. The number of benzene rings is 1.